The predicted molar refractivity (Wildman–Crippen MR) is 77.6 cm³/mol. The highest BCUT2D eigenvalue weighted by Gasteiger charge is 2.14. The molecule has 0 spiro atoms. The van der Waals surface area contributed by atoms with Crippen LogP contribution in [0.1, 0.15) is 29.9 Å². The maximum Gasteiger partial charge on any atom is 0.236 e. The number of aryl methyl sites for hydroxylation is 2. The SMILES string of the molecule is Cc1cc2ncc(C(C)NCC(=O)N(C)C)c(C)n2n1. The lowest BCUT2D eigenvalue weighted by atomic mass is 10.1. The molecule has 2 aromatic heterocycles. The lowest BCUT2D eigenvalue weighted by Crippen LogP contribution is -2.34. The van der Waals surface area contributed by atoms with Crippen LogP contribution in [-0.4, -0.2) is 46.0 Å². The molecule has 0 aliphatic rings. The third-order valence-corrected chi connectivity index (χ3v) is 3.41. The Morgan fingerprint density at radius 3 is 2.80 bits per heavy atom. The fourth-order valence-corrected chi connectivity index (χ4v) is 2.11. The van der Waals surface area contributed by atoms with Crippen LogP contribution in [0.4, 0.5) is 0 Å². The first-order chi connectivity index (χ1) is 9.40. The minimum atomic E-state index is 0.0420. The van der Waals surface area contributed by atoms with Gasteiger partial charge < -0.3 is 10.2 Å². The molecule has 1 N–H and O–H groups in total. The smallest absolute Gasteiger partial charge is 0.236 e. The zero-order chi connectivity index (χ0) is 14.9. The topological polar surface area (TPSA) is 62.5 Å². The minimum absolute atomic E-state index is 0.0420. The van der Waals surface area contributed by atoms with E-state index >= 15 is 0 Å². The van der Waals surface area contributed by atoms with Gasteiger partial charge in [-0.15, -0.1) is 0 Å². The van der Waals surface area contributed by atoms with Crippen molar-refractivity contribution in [1.29, 1.82) is 0 Å². The number of hydrogen-bond acceptors (Lipinski definition) is 4. The maximum atomic E-state index is 11.6. The number of rotatable bonds is 4. The van der Waals surface area contributed by atoms with Crippen LogP contribution in [0.2, 0.25) is 0 Å². The van der Waals surface area contributed by atoms with Gasteiger partial charge in [-0.25, -0.2) is 9.50 Å². The summed E-state index contributed by atoms with van der Waals surface area (Å²) in [6.45, 7) is 6.30. The molecule has 0 radical (unpaired) electrons. The molecule has 0 fully saturated rings. The largest absolute Gasteiger partial charge is 0.348 e. The van der Waals surface area contributed by atoms with E-state index in [2.05, 4.69) is 15.4 Å². The normalized spacial score (nSPS) is 12.7. The summed E-state index contributed by atoms with van der Waals surface area (Å²) in [5, 5.41) is 7.65. The van der Waals surface area contributed by atoms with Crippen molar-refractivity contribution in [2.45, 2.75) is 26.8 Å². The minimum Gasteiger partial charge on any atom is -0.348 e. The van der Waals surface area contributed by atoms with Crippen molar-refractivity contribution in [3.05, 3.63) is 29.2 Å². The van der Waals surface area contributed by atoms with Crippen LogP contribution in [0.5, 0.6) is 0 Å². The first kappa shape index (κ1) is 14.5. The lowest BCUT2D eigenvalue weighted by molar-refractivity contribution is -0.127. The Hall–Kier alpha value is -1.95. The molecule has 0 aliphatic heterocycles. The number of nitrogens with one attached hydrogen (secondary N) is 1. The Kier molecular flexibility index (Phi) is 4.04. The van der Waals surface area contributed by atoms with E-state index in [0.29, 0.717) is 6.54 Å². The number of aromatic nitrogens is 3. The van der Waals surface area contributed by atoms with Crippen molar-refractivity contribution in [3.63, 3.8) is 0 Å². The van der Waals surface area contributed by atoms with E-state index < -0.39 is 0 Å². The first-order valence-electron chi connectivity index (χ1n) is 6.65. The molecule has 6 heteroatoms. The van der Waals surface area contributed by atoms with Gasteiger partial charge in [0.2, 0.25) is 5.91 Å². The molecule has 2 aromatic rings. The third-order valence-electron chi connectivity index (χ3n) is 3.41. The Morgan fingerprint density at radius 2 is 2.15 bits per heavy atom. The van der Waals surface area contributed by atoms with Crippen LogP contribution in [0.3, 0.4) is 0 Å². The average Bonchev–Trinajstić information content (AvgIpc) is 2.77. The van der Waals surface area contributed by atoms with Gasteiger partial charge in [0.15, 0.2) is 5.65 Å². The number of hydrogen-bond donors (Lipinski definition) is 1. The summed E-state index contributed by atoms with van der Waals surface area (Å²) < 4.78 is 1.84. The fourth-order valence-electron chi connectivity index (χ4n) is 2.11. The van der Waals surface area contributed by atoms with Crippen LogP contribution < -0.4 is 5.32 Å². The highest BCUT2D eigenvalue weighted by atomic mass is 16.2. The molecule has 1 unspecified atom stereocenters. The van der Waals surface area contributed by atoms with Crippen LogP contribution in [0.15, 0.2) is 12.3 Å². The highest BCUT2D eigenvalue weighted by molar-refractivity contribution is 5.77. The number of likely N-dealkylation sites (N-methyl/N-ethyl adjacent to an activating group) is 1. The monoisotopic (exact) mass is 275 g/mol. The highest BCUT2D eigenvalue weighted by Crippen LogP contribution is 2.17. The molecule has 20 heavy (non-hydrogen) atoms. The van der Waals surface area contributed by atoms with Crippen molar-refractivity contribution < 1.29 is 4.79 Å². The molecule has 6 nitrogen and oxygen atoms in total. The van der Waals surface area contributed by atoms with Crippen molar-refractivity contribution >= 4 is 11.6 Å². The van der Waals surface area contributed by atoms with Crippen LogP contribution in [-0.2, 0) is 4.79 Å². The fraction of sp³-hybridized carbons (Fsp3) is 0.500. The van der Waals surface area contributed by atoms with Gasteiger partial charge in [0.05, 0.1) is 12.2 Å². The van der Waals surface area contributed by atoms with Gasteiger partial charge in [0, 0.05) is 43.7 Å². The third kappa shape index (κ3) is 2.80. The first-order valence-corrected chi connectivity index (χ1v) is 6.65. The lowest BCUT2D eigenvalue weighted by Gasteiger charge is -2.18. The van der Waals surface area contributed by atoms with Crippen molar-refractivity contribution in [3.8, 4) is 0 Å². The Morgan fingerprint density at radius 1 is 1.45 bits per heavy atom. The number of carbonyl (C=O) groups is 1. The summed E-state index contributed by atoms with van der Waals surface area (Å²) >= 11 is 0. The molecule has 0 saturated carbocycles. The van der Waals surface area contributed by atoms with Crippen molar-refractivity contribution in [1.82, 2.24) is 24.8 Å². The molecule has 0 aliphatic carbocycles. The second-order valence-corrected chi connectivity index (χ2v) is 5.25. The van der Waals surface area contributed by atoms with E-state index in [1.807, 2.05) is 37.5 Å². The molecule has 1 atom stereocenters. The quantitative estimate of drug-likeness (QED) is 0.907. The van der Waals surface area contributed by atoms with Crippen molar-refractivity contribution in [2.75, 3.05) is 20.6 Å². The molecular weight excluding hydrogens is 254 g/mol. The second-order valence-electron chi connectivity index (χ2n) is 5.25. The van der Waals surface area contributed by atoms with Gasteiger partial charge in [-0.3, -0.25) is 4.79 Å². The maximum absolute atomic E-state index is 11.6. The molecular formula is C14H21N5O. The summed E-state index contributed by atoms with van der Waals surface area (Å²) in [7, 11) is 3.50. The van der Waals surface area contributed by atoms with Gasteiger partial charge in [-0.05, 0) is 20.8 Å². The Labute approximate surface area is 118 Å². The summed E-state index contributed by atoms with van der Waals surface area (Å²) in [5.41, 5.74) is 3.88. The van der Waals surface area contributed by atoms with E-state index in [0.717, 1.165) is 22.6 Å². The predicted octanol–water partition coefficient (Wildman–Crippen LogP) is 1.08. The molecule has 0 aromatic carbocycles. The number of amides is 1. The van der Waals surface area contributed by atoms with E-state index in [9.17, 15) is 4.79 Å². The summed E-state index contributed by atoms with van der Waals surface area (Å²) in [4.78, 5) is 17.6. The van der Waals surface area contributed by atoms with Crippen LogP contribution in [0, 0.1) is 13.8 Å². The van der Waals surface area contributed by atoms with Gasteiger partial charge in [0.1, 0.15) is 0 Å². The molecule has 0 bridgehead atoms. The van der Waals surface area contributed by atoms with E-state index in [-0.39, 0.29) is 11.9 Å². The van der Waals surface area contributed by atoms with E-state index in [4.69, 9.17) is 0 Å². The van der Waals surface area contributed by atoms with Crippen molar-refractivity contribution in [2.24, 2.45) is 0 Å². The molecule has 0 saturated heterocycles. The zero-order valence-electron chi connectivity index (χ0n) is 12.6. The van der Waals surface area contributed by atoms with Gasteiger partial charge in [-0.1, -0.05) is 0 Å². The number of fused-ring (bicyclic) bond motifs is 1. The number of carbonyl (C=O) groups excluding carboxylic acids is 1. The standard InChI is InChI=1S/C14H21N5O/c1-9-6-13-16-7-12(11(3)19(13)17-9)10(2)15-8-14(20)18(4)5/h6-7,10,15H,8H2,1-5H3. The Balaban J connectivity index is 2.19. The average molecular weight is 275 g/mol. The molecule has 1 amide bonds. The van der Waals surface area contributed by atoms with Crippen LogP contribution >= 0.6 is 0 Å². The number of nitrogens with zero attached hydrogens (tertiary/aromatic N) is 4. The van der Waals surface area contributed by atoms with Gasteiger partial charge >= 0.3 is 0 Å². The summed E-state index contributed by atoms with van der Waals surface area (Å²) in [6.07, 6.45) is 1.85. The summed E-state index contributed by atoms with van der Waals surface area (Å²) in [5.74, 6) is 0.0541. The van der Waals surface area contributed by atoms with E-state index in [1.54, 1.807) is 19.0 Å². The van der Waals surface area contributed by atoms with Gasteiger partial charge in [0.25, 0.3) is 0 Å². The second kappa shape index (κ2) is 5.58. The molecule has 2 rings (SSSR count). The summed E-state index contributed by atoms with van der Waals surface area (Å²) in [6, 6.07) is 1.99. The van der Waals surface area contributed by atoms with Crippen LogP contribution in [0.25, 0.3) is 5.65 Å². The molecule has 2 heterocycles. The zero-order valence-corrected chi connectivity index (χ0v) is 12.6. The molecule has 108 valence electrons. The van der Waals surface area contributed by atoms with E-state index in [1.165, 1.54) is 0 Å². The van der Waals surface area contributed by atoms with Gasteiger partial charge in [-0.2, -0.15) is 5.10 Å². The Bertz CT molecular complexity index is 632.